The van der Waals surface area contributed by atoms with E-state index in [1.54, 1.807) is 45.0 Å². The SMILES string of the molecule is CC(C)(C)OC(=O)NC(=NCC(O)c1ccc(OCCF)cc1)NC(=O)O. The predicted molar refractivity (Wildman–Crippen MR) is 95.7 cm³/mol. The molecule has 0 aliphatic carbocycles. The molecule has 27 heavy (non-hydrogen) atoms. The molecule has 0 bridgehead atoms. The molecule has 0 aliphatic rings. The number of aliphatic hydroxyl groups is 1. The summed E-state index contributed by atoms with van der Waals surface area (Å²) in [6.45, 7) is 4.06. The minimum absolute atomic E-state index is 0.0628. The van der Waals surface area contributed by atoms with Crippen LogP contribution in [0.1, 0.15) is 32.4 Å². The average molecular weight is 385 g/mol. The maximum atomic E-state index is 12.1. The fourth-order valence-corrected chi connectivity index (χ4v) is 1.84. The van der Waals surface area contributed by atoms with Crippen LogP contribution in [0.3, 0.4) is 0 Å². The summed E-state index contributed by atoms with van der Waals surface area (Å²) in [5.41, 5.74) is -0.289. The quantitative estimate of drug-likeness (QED) is 0.439. The number of nitrogens with zero attached hydrogens (tertiary/aromatic N) is 1. The lowest BCUT2D eigenvalue weighted by Crippen LogP contribution is -2.45. The monoisotopic (exact) mass is 385 g/mol. The summed E-state index contributed by atoms with van der Waals surface area (Å²) < 4.78 is 22.2. The molecular formula is C17H24FN3O6. The van der Waals surface area contributed by atoms with Gasteiger partial charge in [0.2, 0.25) is 5.96 Å². The van der Waals surface area contributed by atoms with Crippen molar-refractivity contribution in [2.75, 3.05) is 19.8 Å². The number of amides is 2. The molecular weight excluding hydrogens is 361 g/mol. The first-order valence-corrected chi connectivity index (χ1v) is 8.12. The third-order valence-corrected chi connectivity index (χ3v) is 2.88. The van der Waals surface area contributed by atoms with Crippen molar-refractivity contribution in [1.29, 1.82) is 0 Å². The summed E-state index contributed by atoms with van der Waals surface area (Å²) in [5, 5.41) is 23.1. The van der Waals surface area contributed by atoms with Gasteiger partial charge in [0.1, 0.15) is 24.6 Å². The third-order valence-electron chi connectivity index (χ3n) is 2.88. The van der Waals surface area contributed by atoms with Gasteiger partial charge in [-0.15, -0.1) is 0 Å². The number of alkyl halides is 1. The highest BCUT2D eigenvalue weighted by atomic mass is 19.1. The minimum atomic E-state index is -1.44. The zero-order valence-electron chi connectivity index (χ0n) is 15.4. The Morgan fingerprint density at radius 2 is 1.85 bits per heavy atom. The highest BCUT2D eigenvalue weighted by Crippen LogP contribution is 2.18. The minimum Gasteiger partial charge on any atom is -0.491 e. The second-order valence-electron chi connectivity index (χ2n) is 6.37. The van der Waals surface area contributed by atoms with E-state index in [1.165, 1.54) is 0 Å². The number of benzene rings is 1. The number of guanidine groups is 1. The Morgan fingerprint density at radius 3 is 2.37 bits per heavy atom. The van der Waals surface area contributed by atoms with Gasteiger partial charge in [-0.2, -0.15) is 0 Å². The number of halogens is 1. The number of aliphatic hydroxyl groups excluding tert-OH is 1. The van der Waals surface area contributed by atoms with E-state index in [1.807, 2.05) is 5.32 Å². The molecule has 10 heteroatoms. The third kappa shape index (κ3) is 9.40. The first-order valence-electron chi connectivity index (χ1n) is 8.12. The van der Waals surface area contributed by atoms with Gasteiger partial charge in [0.15, 0.2) is 0 Å². The van der Waals surface area contributed by atoms with Crippen LogP contribution in [0.15, 0.2) is 29.3 Å². The molecule has 0 heterocycles. The van der Waals surface area contributed by atoms with Crippen molar-refractivity contribution >= 4 is 18.1 Å². The highest BCUT2D eigenvalue weighted by Gasteiger charge is 2.18. The fraction of sp³-hybridized carbons (Fsp3) is 0.471. The zero-order chi connectivity index (χ0) is 20.4. The van der Waals surface area contributed by atoms with Crippen molar-refractivity contribution in [1.82, 2.24) is 10.6 Å². The Balaban J connectivity index is 2.73. The van der Waals surface area contributed by atoms with Gasteiger partial charge in [0.25, 0.3) is 0 Å². The molecule has 0 spiro atoms. The van der Waals surface area contributed by atoms with Crippen molar-refractivity contribution in [2.45, 2.75) is 32.5 Å². The first-order chi connectivity index (χ1) is 12.6. The molecule has 4 N–H and O–H groups in total. The normalized spacial score (nSPS) is 12.9. The van der Waals surface area contributed by atoms with Crippen molar-refractivity contribution in [3.63, 3.8) is 0 Å². The maximum absolute atomic E-state index is 12.1. The Hall–Kier alpha value is -2.88. The zero-order valence-corrected chi connectivity index (χ0v) is 15.4. The number of aliphatic imine (C=N–C) groups is 1. The van der Waals surface area contributed by atoms with E-state index in [0.29, 0.717) is 11.3 Å². The van der Waals surface area contributed by atoms with E-state index in [9.17, 15) is 19.1 Å². The summed E-state index contributed by atoms with van der Waals surface area (Å²) >= 11 is 0. The topological polar surface area (TPSA) is 129 Å². The number of nitrogens with one attached hydrogen (secondary N) is 2. The Labute approximate surface area is 156 Å². The summed E-state index contributed by atoms with van der Waals surface area (Å²) in [5.74, 6) is 0.0747. The van der Waals surface area contributed by atoms with Gasteiger partial charge in [0, 0.05) is 0 Å². The van der Waals surface area contributed by atoms with Crippen LogP contribution in [0.2, 0.25) is 0 Å². The molecule has 150 valence electrons. The van der Waals surface area contributed by atoms with Crippen LogP contribution in [-0.4, -0.2) is 53.8 Å². The van der Waals surface area contributed by atoms with Gasteiger partial charge < -0.3 is 19.7 Å². The maximum Gasteiger partial charge on any atom is 0.414 e. The molecule has 0 aromatic heterocycles. The number of hydrogen-bond donors (Lipinski definition) is 4. The summed E-state index contributed by atoms with van der Waals surface area (Å²) in [7, 11) is 0. The molecule has 2 amide bonds. The number of alkyl carbamates (subject to hydrolysis) is 1. The van der Waals surface area contributed by atoms with Crippen LogP contribution >= 0.6 is 0 Å². The lowest BCUT2D eigenvalue weighted by atomic mass is 10.1. The molecule has 0 saturated carbocycles. The number of hydrogen-bond acceptors (Lipinski definition) is 6. The van der Waals surface area contributed by atoms with Crippen LogP contribution in [0.5, 0.6) is 5.75 Å². The van der Waals surface area contributed by atoms with Crippen molar-refractivity contribution in [3.8, 4) is 5.75 Å². The molecule has 1 atom stereocenters. The van der Waals surface area contributed by atoms with Gasteiger partial charge in [0.05, 0.1) is 12.6 Å². The second-order valence-corrected chi connectivity index (χ2v) is 6.37. The second kappa shape index (κ2) is 10.3. The van der Waals surface area contributed by atoms with E-state index in [-0.39, 0.29) is 19.1 Å². The Kier molecular flexibility index (Phi) is 8.46. The molecule has 0 aliphatic heterocycles. The molecule has 0 radical (unpaired) electrons. The van der Waals surface area contributed by atoms with Gasteiger partial charge in [-0.05, 0) is 38.5 Å². The number of ether oxygens (including phenoxy) is 2. The van der Waals surface area contributed by atoms with E-state index in [4.69, 9.17) is 14.6 Å². The smallest absolute Gasteiger partial charge is 0.414 e. The largest absolute Gasteiger partial charge is 0.491 e. The average Bonchev–Trinajstić information content (AvgIpc) is 2.55. The summed E-state index contributed by atoms with van der Waals surface area (Å²) in [6, 6.07) is 6.26. The first kappa shape index (κ1) is 22.2. The van der Waals surface area contributed by atoms with Crippen LogP contribution in [0, 0.1) is 0 Å². The summed E-state index contributed by atoms with van der Waals surface area (Å²) in [6.07, 6.45) is -3.39. The van der Waals surface area contributed by atoms with Gasteiger partial charge >= 0.3 is 12.2 Å². The van der Waals surface area contributed by atoms with Gasteiger partial charge in [-0.1, -0.05) is 12.1 Å². The van der Waals surface area contributed by atoms with E-state index >= 15 is 0 Å². The number of rotatable bonds is 6. The van der Waals surface area contributed by atoms with Gasteiger partial charge in [-0.25, -0.2) is 19.0 Å². The predicted octanol–water partition coefficient (Wildman–Crippen LogP) is 2.22. The summed E-state index contributed by atoms with van der Waals surface area (Å²) in [4.78, 5) is 26.4. The van der Waals surface area contributed by atoms with Crippen LogP contribution in [0.25, 0.3) is 0 Å². The number of carboxylic acid groups (broad SMARTS) is 1. The molecule has 1 unspecified atom stereocenters. The number of carbonyl (C=O) groups excluding carboxylic acids is 1. The molecule has 0 fully saturated rings. The standard InChI is InChI=1S/C17H24FN3O6/c1-17(2,3)27-16(25)21-14(20-15(23)24)19-10-13(22)11-4-6-12(7-5-11)26-9-8-18/h4-7,13,22H,8-10H2,1-3H3,(H,23,24)(H2,19,20,21,25). The molecule has 9 nitrogen and oxygen atoms in total. The van der Waals surface area contributed by atoms with E-state index < -0.39 is 30.6 Å². The number of carbonyl (C=O) groups is 2. The lowest BCUT2D eigenvalue weighted by Gasteiger charge is -2.20. The van der Waals surface area contributed by atoms with Gasteiger partial charge in [-0.3, -0.25) is 10.6 Å². The highest BCUT2D eigenvalue weighted by molar-refractivity contribution is 6.00. The van der Waals surface area contributed by atoms with E-state index in [2.05, 4.69) is 10.3 Å². The van der Waals surface area contributed by atoms with Crippen molar-refractivity contribution in [3.05, 3.63) is 29.8 Å². The lowest BCUT2D eigenvalue weighted by molar-refractivity contribution is 0.0561. The van der Waals surface area contributed by atoms with E-state index in [0.717, 1.165) is 0 Å². The molecule has 1 aromatic carbocycles. The van der Waals surface area contributed by atoms with Crippen LogP contribution in [-0.2, 0) is 4.74 Å². The van der Waals surface area contributed by atoms with Crippen LogP contribution < -0.4 is 15.4 Å². The molecule has 1 aromatic rings. The fourth-order valence-electron chi connectivity index (χ4n) is 1.84. The Morgan fingerprint density at radius 1 is 1.22 bits per heavy atom. The van der Waals surface area contributed by atoms with Crippen molar-refractivity contribution < 1.29 is 33.7 Å². The molecule has 0 saturated heterocycles. The molecule has 1 rings (SSSR count). The van der Waals surface area contributed by atoms with Crippen molar-refractivity contribution in [2.24, 2.45) is 4.99 Å². The Bertz CT molecular complexity index is 658. The van der Waals surface area contributed by atoms with Crippen LogP contribution in [0.4, 0.5) is 14.0 Å².